The van der Waals surface area contributed by atoms with Crippen molar-refractivity contribution in [1.29, 1.82) is 0 Å². The smallest absolute Gasteiger partial charge is 0.303 e. The van der Waals surface area contributed by atoms with Gasteiger partial charge in [0.2, 0.25) is 5.78 Å². The molecule has 176 valence electrons. The van der Waals surface area contributed by atoms with Crippen molar-refractivity contribution in [3.8, 4) is 0 Å². The third kappa shape index (κ3) is 3.17. The third-order valence-corrected chi connectivity index (χ3v) is 9.35. The molecule has 6 nitrogen and oxygen atoms in total. The van der Waals surface area contributed by atoms with Crippen LogP contribution in [0.25, 0.3) is 0 Å². The van der Waals surface area contributed by atoms with Crippen molar-refractivity contribution < 1.29 is 29.3 Å². The van der Waals surface area contributed by atoms with Gasteiger partial charge in [0.05, 0.1) is 6.10 Å². The Labute approximate surface area is 190 Å². The normalized spacial score (nSPS) is 44.9. The van der Waals surface area contributed by atoms with Crippen LogP contribution in [0.2, 0.25) is 0 Å². The first-order chi connectivity index (χ1) is 15.0. The molecular formula is C26H36O6. The van der Waals surface area contributed by atoms with E-state index >= 15 is 0 Å². The zero-order valence-electron chi connectivity index (χ0n) is 19.6. The van der Waals surface area contributed by atoms with Crippen LogP contribution < -0.4 is 0 Å². The van der Waals surface area contributed by atoms with Crippen molar-refractivity contribution in [2.45, 2.75) is 77.9 Å². The van der Waals surface area contributed by atoms with Crippen molar-refractivity contribution in [1.82, 2.24) is 0 Å². The molecule has 0 aromatic carbocycles. The van der Waals surface area contributed by atoms with E-state index in [2.05, 4.69) is 6.92 Å². The Kier molecular flexibility index (Phi) is 5.78. The number of allylic oxidation sites excluding steroid dienone is 4. The molecule has 8 atom stereocenters. The second kappa shape index (κ2) is 7.91. The van der Waals surface area contributed by atoms with E-state index in [1.165, 1.54) is 6.92 Å². The van der Waals surface area contributed by atoms with E-state index in [0.29, 0.717) is 12.8 Å². The Bertz CT molecular complexity index is 889. The van der Waals surface area contributed by atoms with Crippen LogP contribution in [0, 0.1) is 34.5 Å². The standard InChI is InChI=1S/C26H36O6/c1-5-6-17-12-20-19-8-7-16-11-18(28)9-10-24(16,3)23(19)21(29)13-25(20,4)26(17,31)22(30)14-32-15(2)27/h9-11,17,19-21,23,29,31H,5-8,12-14H2,1-4H3/t17-,19+,20+,21+,23-,24+,25+,26+/m1/s1. The molecule has 4 aliphatic carbocycles. The van der Waals surface area contributed by atoms with Crippen LogP contribution in [-0.2, 0) is 19.1 Å². The number of aliphatic hydroxyl groups is 2. The molecule has 4 rings (SSSR count). The summed E-state index contributed by atoms with van der Waals surface area (Å²) < 4.78 is 5.00. The van der Waals surface area contributed by atoms with Gasteiger partial charge in [0, 0.05) is 23.7 Å². The number of ether oxygens (including phenoxy) is 1. The summed E-state index contributed by atoms with van der Waals surface area (Å²) in [5.74, 6) is -1.08. The number of carbonyl (C=O) groups excluding carboxylic acids is 3. The molecule has 6 heteroatoms. The Balaban J connectivity index is 1.73. The summed E-state index contributed by atoms with van der Waals surface area (Å²) in [6, 6.07) is 0. The van der Waals surface area contributed by atoms with Crippen LogP contribution in [-0.4, -0.2) is 46.1 Å². The highest BCUT2D eigenvalue weighted by molar-refractivity contribution is 6.01. The number of carbonyl (C=O) groups is 3. The van der Waals surface area contributed by atoms with Crippen LogP contribution in [0.1, 0.15) is 66.2 Å². The highest BCUT2D eigenvalue weighted by atomic mass is 16.5. The second-order valence-corrected chi connectivity index (χ2v) is 10.9. The Morgan fingerprint density at radius 3 is 2.66 bits per heavy atom. The fourth-order valence-electron chi connectivity index (χ4n) is 7.99. The largest absolute Gasteiger partial charge is 0.458 e. The summed E-state index contributed by atoms with van der Waals surface area (Å²) in [4.78, 5) is 36.7. The number of Topliss-reactive ketones (excluding diaryl/α,β-unsaturated/α-hetero) is 1. The maximum Gasteiger partial charge on any atom is 0.303 e. The first-order valence-electron chi connectivity index (χ1n) is 12.0. The van der Waals surface area contributed by atoms with E-state index in [1.807, 2.05) is 19.9 Å². The Morgan fingerprint density at radius 2 is 2.00 bits per heavy atom. The molecule has 0 saturated heterocycles. The van der Waals surface area contributed by atoms with Gasteiger partial charge in [-0.15, -0.1) is 0 Å². The lowest BCUT2D eigenvalue weighted by Gasteiger charge is -2.59. The number of fused-ring (bicyclic) bond motifs is 5. The predicted octanol–water partition coefficient (Wildman–Crippen LogP) is 3.15. The summed E-state index contributed by atoms with van der Waals surface area (Å²) in [7, 11) is 0. The zero-order chi connectivity index (χ0) is 23.5. The van der Waals surface area contributed by atoms with Crippen LogP contribution in [0.4, 0.5) is 0 Å². The lowest BCUT2D eigenvalue weighted by atomic mass is 9.46. The van der Waals surface area contributed by atoms with Crippen molar-refractivity contribution >= 4 is 17.5 Å². The zero-order valence-corrected chi connectivity index (χ0v) is 19.6. The molecule has 0 radical (unpaired) electrons. The van der Waals surface area contributed by atoms with Gasteiger partial charge < -0.3 is 14.9 Å². The van der Waals surface area contributed by atoms with E-state index < -0.39 is 35.5 Å². The highest BCUT2D eigenvalue weighted by Crippen LogP contribution is 2.68. The molecule has 0 amide bonds. The first-order valence-corrected chi connectivity index (χ1v) is 12.0. The van der Waals surface area contributed by atoms with Gasteiger partial charge in [0.1, 0.15) is 5.60 Å². The molecule has 3 saturated carbocycles. The lowest BCUT2D eigenvalue weighted by molar-refractivity contribution is -0.187. The van der Waals surface area contributed by atoms with Gasteiger partial charge >= 0.3 is 5.97 Å². The van der Waals surface area contributed by atoms with Gasteiger partial charge in [-0.3, -0.25) is 14.4 Å². The highest BCUT2D eigenvalue weighted by Gasteiger charge is 2.71. The topological polar surface area (TPSA) is 101 Å². The minimum atomic E-state index is -1.63. The maximum atomic E-state index is 13.3. The first kappa shape index (κ1) is 23.4. The molecule has 0 aromatic heterocycles. The Hall–Kier alpha value is -1.79. The van der Waals surface area contributed by atoms with E-state index in [0.717, 1.165) is 31.3 Å². The SMILES string of the molecule is CCC[C@@H]1C[C@H]2[C@@H]3CCC4=CC(=O)C=C[C@]4(C)[C@H]3[C@@H](O)C[C@]2(C)[C@@]1(O)C(=O)COC(C)=O. The van der Waals surface area contributed by atoms with Crippen molar-refractivity contribution in [3.63, 3.8) is 0 Å². The molecule has 3 fully saturated rings. The predicted molar refractivity (Wildman–Crippen MR) is 118 cm³/mol. The fraction of sp³-hybridized carbons (Fsp3) is 0.731. The summed E-state index contributed by atoms with van der Waals surface area (Å²) in [6.07, 6.45) is 8.78. The molecule has 0 aliphatic heterocycles. The number of aliphatic hydroxyl groups excluding tert-OH is 1. The molecule has 0 bridgehead atoms. The van der Waals surface area contributed by atoms with Crippen molar-refractivity contribution in [2.24, 2.45) is 34.5 Å². The van der Waals surface area contributed by atoms with Gasteiger partial charge in [-0.25, -0.2) is 0 Å². The average Bonchev–Trinajstić information content (AvgIpc) is 2.94. The molecule has 0 unspecified atom stereocenters. The number of hydrogen-bond acceptors (Lipinski definition) is 6. The number of hydrogen-bond donors (Lipinski definition) is 2. The monoisotopic (exact) mass is 444 g/mol. The number of rotatable bonds is 5. The molecule has 0 heterocycles. The third-order valence-electron chi connectivity index (χ3n) is 9.35. The van der Waals surface area contributed by atoms with Gasteiger partial charge in [-0.1, -0.05) is 38.8 Å². The fourth-order valence-corrected chi connectivity index (χ4v) is 7.99. The molecule has 0 aromatic rings. The van der Waals surface area contributed by atoms with Gasteiger partial charge in [0.25, 0.3) is 0 Å². The van der Waals surface area contributed by atoms with E-state index in [4.69, 9.17) is 4.74 Å². The van der Waals surface area contributed by atoms with Crippen LogP contribution in [0.15, 0.2) is 23.8 Å². The molecular weight excluding hydrogens is 408 g/mol. The van der Waals surface area contributed by atoms with E-state index in [-0.39, 0.29) is 34.9 Å². The number of esters is 1. The average molecular weight is 445 g/mol. The van der Waals surface area contributed by atoms with Gasteiger partial charge in [0.15, 0.2) is 12.4 Å². The number of ketones is 2. The van der Waals surface area contributed by atoms with E-state index in [9.17, 15) is 24.6 Å². The summed E-state index contributed by atoms with van der Waals surface area (Å²) in [5, 5.41) is 23.5. The summed E-state index contributed by atoms with van der Waals surface area (Å²) in [5.41, 5.74) is -1.74. The molecule has 32 heavy (non-hydrogen) atoms. The lowest BCUT2D eigenvalue weighted by Crippen LogP contribution is -2.63. The van der Waals surface area contributed by atoms with E-state index in [1.54, 1.807) is 12.2 Å². The summed E-state index contributed by atoms with van der Waals surface area (Å²) >= 11 is 0. The van der Waals surface area contributed by atoms with Gasteiger partial charge in [-0.2, -0.15) is 0 Å². The van der Waals surface area contributed by atoms with Crippen LogP contribution >= 0.6 is 0 Å². The quantitative estimate of drug-likeness (QED) is 0.632. The van der Waals surface area contributed by atoms with Crippen molar-refractivity contribution in [2.75, 3.05) is 6.61 Å². The Morgan fingerprint density at radius 1 is 1.28 bits per heavy atom. The minimum absolute atomic E-state index is 0.000354. The molecule has 0 spiro atoms. The van der Waals surface area contributed by atoms with Crippen LogP contribution in [0.5, 0.6) is 0 Å². The molecule has 2 N–H and O–H groups in total. The maximum absolute atomic E-state index is 13.3. The molecule has 4 aliphatic rings. The minimum Gasteiger partial charge on any atom is -0.458 e. The second-order valence-electron chi connectivity index (χ2n) is 10.9. The van der Waals surface area contributed by atoms with Crippen LogP contribution in [0.3, 0.4) is 0 Å². The van der Waals surface area contributed by atoms with Crippen molar-refractivity contribution in [3.05, 3.63) is 23.8 Å². The summed E-state index contributed by atoms with van der Waals surface area (Å²) in [6.45, 7) is 6.92. The van der Waals surface area contributed by atoms with Gasteiger partial charge in [-0.05, 0) is 62.0 Å².